The Morgan fingerprint density at radius 2 is 2.11 bits per heavy atom. The fraction of sp³-hybridized carbons (Fsp3) is 0.385. The highest BCUT2D eigenvalue weighted by molar-refractivity contribution is 5.73. The molecule has 5 heteroatoms. The largest absolute Gasteiger partial charge is 0.492 e. The molecule has 2 amide bonds. The Labute approximate surface area is 107 Å². The molecule has 0 aliphatic rings. The third-order valence-corrected chi connectivity index (χ3v) is 2.45. The van der Waals surface area contributed by atoms with Crippen LogP contribution < -0.4 is 10.1 Å². The average molecular weight is 247 g/mol. The van der Waals surface area contributed by atoms with E-state index in [2.05, 4.69) is 5.32 Å². The molecule has 1 rings (SSSR count). The Hall–Kier alpha value is -2.22. The fourth-order valence-corrected chi connectivity index (χ4v) is 1.23. The van der Waals surface area contributed by atoms with Crippen molar-refractivity contribution in [2.75, 3.05) is 26.7 Å². The van der Waals surface area contributed by atoms with Gasteiger partial charge in [-0.15, -0.1) is 0 Å². The van der Waals surface area contributed by atoms with Crippen molar-refractivity contribution in [1.29, 1.82) is 5.26 Å². The van der Waals surface area contributed by atoms with Gasteiger partial charge in [-0.3, -0.25) is 0 Å². The minimum atomic E-state index is -0.110. The molecule has 5 nitrogen and oxygen atoms in total. The summed E-state index contributed by atoms with van der Waals surface area (Å²) >= 11 is 0. The topological polar surface area (TPSA) is 65.4 Å². The van der Waals surface area contributed by atoms with Crippen molar-refractivity contribution in [3.05, 3.63) is 29.8 Å². The lowest BCUT2D eigenvalue weighted by Crippen LogP contribution is -2.38. The van der Waals surface area contributed by atoms with Crippen LogP contribution in [0.1, 0.15) is 12.5 Å². The van der Waals surface area contributed by atoms with Crippen LogP contribution in [0.25, 0.3) is 0 Å². The zero-order valence-electron chi connectivity index (χ0n) is 10.6. The maximum atomic E-state index is 11.4. The Bertz CT molecular complexity index is 423. The van der Waals surface area contributed by atoms with Crippen LogP contribution in [0, 0.1) is 11.3 Å². The van der Waals surface area contributed by atoms with Gasteiger partial charge in [0.05, 0.1) is 18.2 Å². The number of carbonyl (C=O) groups is 1. The summed E-state index contributed by atoms with van der Waals surface area (Å²) in [5.41, 5.74) is 0.597. The van der Waals surface area contributed by atoms with E-state index in [0.717, 1.165) is 0 Å². The predicted molar refractivity (Wildman–Crippen MR) is 68.4 cm³/mol. The molecule has 1 N–H and O–H groups in total. The van der Waals surface area contributed by atoms with Gasteiger partial charge < -0.3 is 15.0 Å². The molecular formula is C13H17N3O2. The molecule has 18 heavy (non-hydrogen) atoms. The van der Waals surface area contributed by atoms with Crippen molar-refractivity contribution in [1.82, 2.24) is 10.2 Å². The van der Waals surface area contributed by atoms with Gasteiger partial charge in [-0.1, -0.05) is 0 Å². The third-order valence-electron chi connectivity index (χ3n) is 2.45. The van der Waals surface area contributed by atoms with E-state index in [1.54, 1.807) is 36.2 Å². The zero-order valence-corrected chi connectivity index (χ0v) is 10.6. The van der Waals surface area contributed by atoms with Crippen LogP contribution in [0.2, 0.25) is 0 Å². The number of carbonyl (C=O) groups excluding carboxylic acids is 1. The van der Waals surface area contributed by atoms with Gasteiger partial charge in [0.25, 0.3) is 0 Å². The third kappa shape index (κ3) is 4.34. The van der Waals surface area contributed by atoms with E-state index in [1.165, 1.54) is 0 Å². The number of amides is 2. The van der Waals surface area contributed by atoms with Crippen LogP contribution in [-0.2, 0) is 0 Å². The standard InChI is InChI=1S/C13H17N3O2/c1-3-16(2)13(17)15-8-9-18-12-6-4-11(10-14)5-7-12/h4-7H,3,8-9H2,1-2H3,(H,15,17). The van der Waals surface area contributed by atoms with Crippen molar-refractivity contribution in [3.8, 4) is 11.8 Å². The lowest BCUT2D eigenvalue weighted by molar-refractivity contribution is 0.207. The van der Waals surface area contributed by atoms with Crippen LogP contribution >= 0.6 is 0 Å². The molecular weight excluding hydrogens is 230 g/mol. The first-order valence-electron chi connectivity index (χ1n) is 5.79. The molecule has 0 fully saturated rings. The maximum Gasteiger partial charge on any atom is 0.317 e. The summed E-state index contributed by atoms with van der Waals surface area (Å²) in [5, 5.41) is 11.4. The maximum absolute atomic E-state index is 11.4. The molecule has 0 aliphatic carbocycles. The summed E-state index contributed by atoms with van der Waals surface area (Å²) in [6.45, 7) is 3.42. The second kappa shape index (κ2) is 7.17. The van der Waals surface area contributed by atoms with Gasteiger partial charge in [-0.2, -0.15) is 5.26 Å². The summed E-state index contributed by atoms with van der Waals surface area (Å²) in [6.07, 6.45) is 0. The number of hydrogen-bond donors (Lipinski definition) is 1. The highest BCUT2D eigenvalue weighted by atomic mass is 16.5. The smallest absolute Gasteiger partial charge is 0.317 e. The summed E-state index contributed by atoms with van der Waals surface area (Å²) in [7, 11) is 1.73. The quantitative estimate of drug-likeness (QED) is 0.804. The number of nitrogens with zero attached hydrogens (tertiary/aromatic N) is 2. The van der Waals surface area contributed by atoms with Gasteiger partial charge in [-0.05, 0) is 31.2 Å². The molecule has 0 bridgehead atoms. The van der Waals surface area contributed by atoms with Crippen molar-refractivity contribution in [3.63, 3.8) is 0 Å². The molecule has 1 aromatic rings. The van der Waals surface area contributed by atoms with Crippen molar-refractivity contribution < 1.29 is 9.53 Å². The van der Waals surface area contributed by atoms with E-state index in [9.17, 15) is 4.79 Å². The van der Waals surface area contributed by atoms with Gasteiger partial charge in [0, 0.05) is 13.6 Å². The molecule has 0 aliphatic heterocycles. The van der Waals surface area contributed by atoms with E-state index < -0.39 is 0 Å². The van der Waals surface area contributed by atoms with Gasteiger partial charge in [0.2, 0.25) is 0 Å². The zero-order chi connectivity index (χ0) is 13.4. The minimum Gasteiger partial charge on any atom is -0.492 e. The molecule has 0 unspecified atom stereocenters. The number of nitrogens with one attached hydrogen (secondary N) is 1. The van der Waals surface area contributed by atoms with Gasteiger partial charge in [-0.25, -0.2) is 4.79 Å². The van der Waals surface area contributed by atoms with Crippen LogP contribution in [-0.4, -0.2) is 37.7 Å². The van der Waals surface area contributed by atoms with E-state index in [1.807, 2.05) is 13.0 Å². The second-order valence-electron chi connectivity index (χ2n) is 3.73. The highest BCUT2D eigenvalue weighted by Gasteiger charge is 2.04. The first kappa shape index (κ1) is 13.8. The van der Waals surface area contributed by atoms with Crippen molar-refractivity contribution >= 4 is 6.03 Å². The number of nitriles is 1. The molecule has 0 heterocycles. The number of ether oxygens (including phenoxy) is 1. The summed E-state index contributed by atoms with van der Waals surface area (Å²) in [4.78, 5) is 13.0. The number of hydrogen-bond acceptors (Lipinski definition) is 3. The van der Waals surface area contributed by atoms with Gasteiger partial charge in [0.15, 0.2) is 0 Å². The number of benzene rings is 1. The second-order valence-corrected chi connectivity index (χ2v) is 3.73. The van der Waals surface area contributed by atoms with Crippen LogP contribution in [0.15, 0.2) is 24.3 Å². The first-order valence-corrected chi connectivity index (χ1v) is 5.79. The lowest BCUT2D eigenvalue weighted by atomic mass is 10.2. The van der Waals surface area contributed by atoms with E-state index in [0.29, 0.717) is 31.0 Å². The van der Waals surface area contributed by atoms with Gasteiger partial charge >= 0.3 is 6.03 Å². The van der Waals surface area contributed by atoms with E-state index >= 15 is 0 Å². The summed E-state index contributed by atoms with van der Waals surface area (Å²) in [6, 6.07) is 8.78. The summed E-state index contributed by atoms with van der Waals surface area (Å²) < 4.78 is 5.43. The first-order chi connectivity index (χ1) is 8.67. The number of urea groups is 1. The van der Waals surface area contributed by atoms with Crippen LogP contribution in [0.4, 0.5) is 4.79 Å². The van der Waals surface area contributed by atoms with Crippen LogP contribution in [0.3, 0.4) is 0 Å². The van der Waals surface area contributed by atoms with Crippen molar-refractivity contribution in [2.45, 2.75) is 6.92 Å². The summed E-state index contributed by atoms with van der Waals surface area (Å²) in [5.74, 6) is 0.687. The Kier molecular flexibility index (Phi) is 5.52. The molecule has 0 saturated heterocycles. The molecule has 0 saturated carbocycles. The van der Waals surface area contributed by atoms with Crippen LogP contribution in [0.5, 0.6) is 5.75 Å². The highest BCUT2D eigenvalue weighted by Crippen LogP contribution is 2.10. The van der Waals surface area contributed by atoms with E-state index in [4.69, 9.17) is 10.00 Å². The van der Waals surface area contributed by atoms with Crippen molar-refractivity contribution in [2.24, 2.45) is 0 Å². The Balaban J connectivity index is 2.25. The fourth-order valence-electron chi connectivity index (χ4n) is 1.23. The predicted octanol–water partition coefficient (Wildman–Crippen LogP) is 1.60. The Morgan fingerprint density at radius 1 is 1.44 bits per heavy atom. The minimum absolute atomic E-state index is 0.110. The normalized spacial score (nSPS) is 9.39. The molecule has 1 aromatic carbocycles. The average Bonchev–Trinajstić information content (AvgIpc) is 2.43. The number of rotatable bonds is 5. The molecule has 96 valence electrons. The molecule has 0 atom stereocenters. The molecule has 0 aromatic heterocycles. The van der Waals surface area contributed by atoms with Gasteiger partial charge in [0.1, 0.15) is 12.4 Å². The van der Waals surface area contributed by atoms with E-state index in [-0.39, 0.29) is 6.03 Å². The SMILES string of the molecule is CCN(C)C(=O)NCCOc1ccc(C#N)cc1. The monoisotopic (exact) mass is 247 g/mol. The molecule has 0 spiro atoms. The lowest BCUT2D eigenvalue weighted by Gasteiger charge is -2.15. The molecule has 0 radical (unpaired) electrons. The Morgan fingerprint density at radius 3 is 2.67 bits per heavy atom.